The third-order valence-electron chi connectivity index (χ3n) is 4.27. The zero-order valence-corrected chi connectivity index (χ0v) is 15.7. The van der Waals surface area contributed by atoms with Crippen LogP contribution in [0.1, 0.15) is 19.3 Å². The number of sulfone groups is 2. The van der Waals surface area contributed by atoms with Crippen molar-refractivity contribution in [1.82, 2.24) is 0 Å². The van der Waals surface area contributed by atoms with Crippen molar-refractivity contribution in [2.24, 2.45) is 0 Å². The lowest BCUT2D eigenvalue weighted by molar-refractivity contribution is 0.223. The van der Waals surface area contributed by atoms with Gasteiger partial charge in [0.1, 0.15) is 0 Å². The van der Waals surface area contributed by atoms with Gasteiger partial charge in [0.05, 0.1) is 22.7 Å². The summed E-state index contributed by atoms with van der Waals surface area (Å²) in [6.45, 7) is 0.561. The standard InChI is InChI=1S/C19H20O5S2/c20-25(21,17-9-3-1-4-10-17)19(14-16-8-7-13-24-15-16)26(22,23)18-11-5-2-6-12-18/h1-6,9-12,15,19H,7-8,13-14H2. The van der Waals surface area contributed by atoms with E-state index in [4.69, 9.17) is 4.74 Å². The van der Waals surface area contributed by atoms with Crippen molar-refractivity contribution in [3.63, 3.8) is 0 Å². The fourth-order valence-electron chi connectivity index (χ4n) is 2.89. The predicted molar refractivity (Wildman–Crippen MR) is 98.9 cm³/mol. The van der Waals surface area contributed by atoms with E-state index in [9.17, 15) is 16.8 Å². The third kappa shape index (κ3) is 3.83. The average molecular weight is 392 g/mol. The molecule has 0 aliphatic carbocycles. The maximum absolute atomic E-state index is 13.2. The van der Waals surface area contributed by atoms with Crippen molar-refractivity contribution >= 4 is 19.7 Å². The Kier molecular flexibility index (Phi) is 5.48. The van der Waals surface area contributed by atoms with Crippen molar-refractivity contribution in [3.8, 4) is 0 Å². The Hall–Kier alpha value is -2.12. The van der Waals surface area contributed by atoms with Gasteiger partial charge in [-0.2, -0.15) is 0 Å². The summed E-state index contributed by atoms with van der Waals surface area (Å²) in [7, 11) is -8.18. The van der Waals surface area contributed by atoms with Crippen LogP contribution in [0.25, 0.3) is 0 Å². The molecule has 0 bridgehead atoms. The zero-order chi connectivity index (χ0) is 18.6. The summed E-state index contributed by atoms with van der Waals surface area (Å²) < 4.78 is 56.4. The van der Waals surface area contributed by atoms with Gasteiger partial charge >= 0.3 is 0 Å². The number of rotatable bonds is 6. The minimum Gasteiger partial charge on any atom is -0.501 e. The van der Waals surface area contributed by atoms with Crippen molar-refractivity contribution in [3.05, 3.63) is 72.5 Å². The van der Waals surface area contributed by atoms with E-state index in [0.29, 0.717) is 18.6 Å². The Morgan fingerprint density at radius 1 is 0.808 bits per heavy atom. The largest absolute Gasteiger partial charge is 0.501 e. The lowest BCUT2D eigenvalue weighted by Crippen LogP contribution is -2.31. The van der Waals surface area contributed by atoms with Crippen LogP contribution in [0.2, 0.25) is 0 Å². The second kappa shape index (κ2) is 7.63. The maximum atomic E-state index is 13.2. The molecule has 0 radical (unpaired) electrons. The highest BCUT2D eigenvalue weighted by molar-refractivity contribution is 8.09. The van der Waals surface area contributed by atoms with Crippen LogP contribution in [0.4, 0.5) is 0 Å². The van der Waals surface area contributed by atoms with Gasteiger partial charge in [0.2, 0.25) is 0 Å². The average Bonchev–Trinajstić information content (AvgIpc) is 2.68. The molecule has 0 unspecified atom stereocenters. The lowest BCUT2D eigenvalue weighted by atomic mass is 10.1. The van der Waals surface area contributed by atoms with E-state index in [-0.39, 0.29) is 16.2 Å². The molecule has 1 aliphatic rings. The molecule has 0 amide bonds. The van der Waals surface area contributed by atoms with E-state index < -0.39 is 24.3 Å². The molecule has 26 heavy (non-hydrogen) atoms. The molecule has 0 atom stereocenters. The third-order valence-corrected chi connectivity index (χ3v) is 9.37. The first kappa shape index (κ1) is 18.7. The molecule has 2 aromatic carbocycles. The monoisotopic (exact) mass is 392 g/mol. The first-order chi connectivity index (χ1) is 12.4. The molecule has 0 aromatic heterocycles. The Morgan fingerprint density at radius 2 is 1.31 bits per heavy atom. The number of hydrogen-bond acceptors (Lipinski definition) is 5. The Balaban J connectivity index is 2.09. The first-order valence-corrected chi connectivity index (χ1v) is 11.4. The van der Waals surface area contributed by atoms with Crippen molar-refractivity contribution < 1.29 is 21.6 Å². The van der Waals surface area contributed by atoms with Gasteiger partial charge in [0, 0.05) is 6.42 Å². The van der Waals surface area contributed by atoms with Crippen LogP contribution in [0.15, 0.2) is 82.3 Å². The van der Waals surface area contributed by atoms with Crippen molar-refractivity contribution in [2.75, 3.05) is 6.61 Å². The second-order valence-electron chi connectivity index (χ2n) is 6.10. The quantitative estimate of drug-likeness (QED) is 0.753. The van der Waals surface area contributed by atoms with E-state index in [2.05, 4.69) is 0 Å². The number of ether oxygens (including phenoxy) is 1. The summed E-state index contributed by atoms with van der Waals surface area (Å²) in [5.41, 5.74) is 0.695. The van der Waals surface area contributed by atoms with Crippen LogP contribution in [0.5, 0.6) is 0 Å². The van der Waals surface area contributed by atoms with E-state index >= 15 is 0 Å². The molecule has 0 saturated carbocycles. The van der Waals surface area contributed by atoms with E-state index in [0.717, 1.165) is 6.42 Å². The highest BCUT2D eigenvalue weighted by atomic mass is 32.3. The van der Waals surface area contributed by atoms with Gasteiger partial charge in [-0.3, -0.25) is 0 Å². The fraction of sp³-hybridized carbons (Fsp3) is 0.263. The van der Waals surface area contributed by atoms with E-state index in [1.165, 1.54) is 30.5 Å². The molecule has 2 aromatic rings. The summed E-state index contributed by atoms with van der Waals surface area (Å²) in [6, 6.07) is 15.4. The van der Waals surface area contributed by atoms with Crippen LogP contribution in [0, 0.1) is 0 Å². The second-order valence-corrected chi connectivity index (χ2v) is 10.7. The van der Waals surface area contributed by atoms with Crippen molar-refractivity contribution in [1.29, 1.82) is 0 Å². The van der Waals surface area contributed by atoms with Gasteiger partial charge in [0.15, 0.2) is 24.3 Å². The molecule has 3 rings (SSSR count). The number of hydrogen-bond donors (Lipinski definition) is 0. The summed E-state index contributed by atoms with van der Waals surface area (Å²) in [4.78, 5) is 0.00340. The summed E-state index contributed by atoms with van der Waals surface area (Å²) in [5, 5.41) is 0. The van der Waals surface area contributed by atoms with Crippen molar-refractivity contribution in [2.45, 2.75) is 33.6 Å². The first-order valence-electron chi connectivity index (χ1n) is 8.30. The van der Waals surface area contributed by atoms with Crippen LogP contribution in [-0.4, -0.2) is 28.0 Å². The smallest absolute Gasteiger partial charge is 0.196 e. The fourth-order valence-corrected chi connectivity index (χ4v) is 7.44. The molecule has 1 aliphatic heterocycles. The molecule has 138 valence electrons. The SMILES string of the molecule is O=S(=O)(c1ccccc1)C(CC1=COCCC1)S(=O)(=O)c1ccccc1. The van der Waals surface area contributed by atoms with Gasteiger partial charge < -0.3 is 4.74 Å². The van der Waals surface area contributed by atoms with Gasteiger partial charge in [-0.1, -0.05) is 36.4 Å². The van der Waals surface area contributed by atoms with Crippen LogP contribution in [0.3, 0.4) is 0 Å². The Morgan fingerprint density at radius 3 is 1.73 bits per heavy atom. The van der Waals surface area contributed by atoms with Gasteiger partial charge in [-0.05, 0) is 42.7 Å². The molecular weight excluding hydrogens is 372 g/mol. The molecule has 1 heterocycles. The number of allylic oxidation sites excluding steroid dienone is 1. The molecule has 0 N–H and O–H groups in total. The molecule has 0 spiro atoms. The Bertz CT molecular complexity index is 909. The summed E-state index contributed by atoms with van der Waals surface area (Å²) in [6.07, 6.45) is 2.77. The molecule has 7 heteroatoms. The zero-order valence-electron chi connectivity index (χ0n) is 14.1. The molecule has 0 fully saturated rings. The molecule has 5 nitrogen and oxygen atoms in total. The highest BCUT2D eigenvalue weighted by Crippen LogP contribution is 2.31. The van der Waals surface area contributed by atoms with Crippen LogP contribution < -0.4 is 0 Å². The summed E-state index contributed by atoms with van der Waals surface area (Å²) in [5.74, 6) is 0. The maximum Gasteiger partial charge on any atom is 0.196 e. The predicted octanol–water partition coefficient (Wildman–Crippen LogP) is 3.34. The van der Waals surface area contributed by atoms with Gasteiger partial charge in [-0.15, -0.1) is 0 Å². The summed E-state index contributed by atoms with van der Waals surface area (Å²) >= 11 is 0. The lowest BCUT2D eigenvalue weighted by Gasteiger charge is -2.21. The molecular formula is C19H20O5S2. The van der Waals surface area contributed by atoms with Crippen LogP contribution >= 0.6 is 0 Å². The minimum atomic E-state index is -4.09. The number of benzene rings is 2. The van der Waals surface area contributed by atoms with Gasteiger partial charge in [0.25, 0.3) is 0 Å². The van der Waals surface area contributed by atoms with Crippen LogP contribution in [-0.2, 0) is 24.4 Å². The normalized spacial score (nSPS) is 15.3. The minimum absolute atomic E-state index is 0.00170. The topological polar surface area (TPSA) is 77.5 Å². The van der Waals surface area contributed by atoms with E-state index in [1.54, 1.807) is 36.4 Å². The van der Waals surface area contributed by atoms with E-state index in [1.807, 2.05) is 0 Å². The Labute approximate surface area is 154 Å². The molecule has 0 saturated heterocycles. The highest BCUT2D eigenvalue weighted by Gasteiger charge is 2.40. The van der Waals surface area contributed by atoms with Gasteiger partial charge in [-0.25, -0.2) is 16.8 Å².